The van der Waals surface area contributed by atoms with E-state index < -0.39 is 0 Å². The maximum Gasteiger partial charge on any atom is 0.252 e. The van der Waals surface area contributed by atoms with Gasteiger partial charge < -0.3 is 15.5 Å². The summed E-state index contributed by atoms with van der Waals surface area (Å²) in [6, 6.07) is 18.0. The van der Waals surface area contributed by atoms with Crippen LogP contribution >= 0.6 is 0 Å². The van der Waals surface area contributed by atoms with E-state index >= 15 is 0 Å². The number of anilines is 2. The summed E-state index contributed by atoms with van der Waals surface area (Å²) < 4.78 is 0. The van der Waals surface area contributed by atoms with E-state index in [9.17, 15) is 4.79 Å². The van der Waals surface area contributed by atoms with Crippen molar-refractivity contribution in [1.29, 1.82) is 0 Å². The molecule has 0 bridgehead atoms. The third-order valence-electron chi connectivity index (χ3n) is 5.64. The second kappa shape index (κ2) is 10.9. The molecule has 1 amide bonds. The lowest BCUT2D eigenvalue weighted by Gasteiger charge is -2.18. The molecule has 0 aliphatic rings. The van der Waals surface area contributed by atoms with Crippen LogP contribution in [0.15, 0.2) is 54.6 Å². The van der Waals surface area contributed by atoms with Crippen molar-refractivity contribution in [2.24, 2.45) is 0 Å². The Kier molecular flexibility index (Phi) is 8.01. The first kappa shape index (κ1) is 22.8. The molecule has 1 aromatic heterocycles. The van der Waals surface area contributed by atoms with E-state index in [1.54, 1.807) is 0 Å². The van der Waals surface area contributed by atoms with Gasteiger partial charge in [-0.05, 0) is 61.8 Å². The van der Waals surface area contributed by atoms with Crippen LogP contribution in [0.3, 0.4) is 0 Å². The summed E-state index contributed by atoms with van der Waals surface area (Å²) in [5, 5.41) is 7.31. The van der Waals surface area contributed by atoms with Crippen molar-refractivity contribution in [1.82, 2.24) is 15.2 Å². The number of hydrogen-bond acceptors (Lipinski definition) is 4. The molecule has 2 aromatic carbocycles. The van der Waals surface area contributed by atoms with Gasteiger partial charge in [0, 0.05) is 17.6 Å². The van der Waals surface area contributed by atoms with Crippen LogP contribution in [0.25, 0.3) is 10.9 Å². The Labute approximate surface area is 185 Å². The van der Waals surface area contributed by atoms with E-state index in [1.165, 1.54) is 5.56 Å². The molecular formula is C26H34N4O. The van der Waals surface area contributed by atoms with Crippen LogP contribution in [0.5, 0.6) is 0 Å². The molecule has 0 saturated carbocycles. The monoisotopic (exact) mass is 418 g/mol. The molecular weight excluding hydrogens is 384 g/mol. The summed E-state index contributed by atoms with van der Waals surface area (Å²) in [5.41, 5.74) is 3.70. The minimum absolute atomic E-state index is 0.0589. The molecule has 2 N–H and O–H groups in total. The van der Waals surface area contributed by atoms with Gasteiger partial charge in [0.05, 0.1) is 11.1 Å². The first-order chi connectivity index (χ1) is 15.0. The van der Waals surface area contributed by atoms with Crippen molar-refractivity contribution in [3.63, 3.8) is 0 Å². The zero-order chi connectivity index (χ0) is 22.2. The van der Waals surface area contributed by atoms with E-state index in [1.807, 2.05) is 30.3 Å². The molecule has 31 heavy (non-hydrogen) atoms. The highest BCUT2D eigenvalue weighted by Gasteiger charge is 2.13. The third kappa shape index (κ3) is 6.05. The molecule has 0 fully saturated rings. The highest BCUT2D eigenvalue weighted by Crippen LogP contribution is 2.24. The van der Waals surface area contributed by atoms with Gasteiger partial charge in [-0.3, -0.25) is 4.79 Å². The Morgan fingerprint density at radius 1 is 1.03 bits per heavy atom. The predicted molar refractivity (Wildman–Crippen MR) is 130 cm³/mol. The molecule has 164 valence electrons. The van der Waals surface area contributed by atoms with Crippen molar-refractivity contribution in [3.05, 3.63) is 65.7 Å². The molecule has 0 atom stereocenters. The summed E-state index contributed by atoms with van der Waals surface area (Å²) in [6.07, 6.45) is 0.934. The van der Waals surface area contributed by atoms with Gasteiger partial charge in [-0.25, -0.2) is 4.98 Å². The molecule has 0 unspecified atom stereocenters. The molecule has 5 nitrogen and oxygen atoms in total. The number of nitrogens with zero attached hydrogens (tertiary/aromatic N) is 2. The quantitative estimate of drug-likeness (QED) is 0.423. The van der Waals surface area contributed by atoms with Gasteiger partial charge in [-0.15, -0.1) is 0 Å². The number of para-hydroxylation sites is 1. The van der Waals surface area contributed by atoms with Crippen LogP contribution in [-0.4, -0.2) is 42.0 Å². The maximum absolute atomic E-state index is 13.0. The number of nitrogens with one attached hydrogen (secondary N) is 2. The first-order valence-electron chi connectivity index (χ1n) is 11.3. The molecule has 0 saturated heterocycles. The average Bonchev–Trinajstić information content (AvgIpc) is 2.79. The second-order valence-electron chi connectivity index (χ2n) is 8.11. The lowest BCUT2D eigenvalue weighted by Crippen LogP contribution is -2.30. The minimum atomic E-state index is -0.0589. The standard InChI is InChI=1S/C26H34N4O/c1-5-30(6-2)17-9-16-27-26(31)23-18-25(29-24-11-8-7-10-22(23)24)28-21-14-12-20(13-15-21)19(3)4/h7-8,10-15,18-19H,5-6,9,16-17H2,1-4H3,(H,27,31)(H,28,29). The number of carbonyl (C=O) groups excluding carboxylic acids is 1. The normalized spacial score (nSPS) is 11.3. The number of benzene rings is 2. The molecule has 5 heteroatoms. The van der Waals surface area contributed by atoms with Crippen LogP contribution in [0.1, 0.15) is 56.0 Å². The first-order valence-corrected chi connectivity index (χ1v) is 11.3. The highest BCUT2D eigenvalue weighted by molar-refractivity contribution is 6.07. The number of amides is 1. The third-order valence-corrected chi connectivity index (χ3v) is 5.64. The van der Waals surface area contributed by atoms with Gasteiger partial charge in [0.15, 0.2) is 0 Å². The van der Waals surface area contributed by atoms with Crippen LogP contribution in [0.4, 0.5) is 11.5 Å². The zero-order valence-corrected chi connectivity index (χ0v) is 19.1. The number of aromatic nitrogens is 1. The van der Waals surface area contributed by atoms with Crippen molar-refractivity contribution >= 4 is 28.3 Å². The topological polar surface area (TPSA) is 57.3 Å². The van der Waals surface area contributed by atoms with Gasteiger partial charge in [-0.2, -0.15) is 0 Å². The summed E-state index contributed by atoms with van der Waals surface area (Å²) in [6.45, 7) is 12.4. The molecule has 0 aliphatic carbocycles. The van der Waals surface area contributed by atoms with E-state index in [-0.39, 0.29) is 5.91 Å². The van der Waals surface area contributed by atoms with E-state index in [2.05, 4.69) is 67.5 Å². The summed E-state index contributed by atoms with van der Waals surface area (Å²) in [5.74, 6) is 1.10. The zero-order valence-electron chi connectivity index (χ0n) is 19.1. The lowest BCUT2D eigenvalue weighted by molar-refractivity contribution is 0.0953. The lowest BCUT2D eigenvalue weighted by atomic mass is 10.0. The van der Waals surface area contributed by atoms with Gasteiger partial charge >= 0.3 is 0 Å². The Bertz CT molecular complexity index is 994. The minimum Gasteiger partial charge on any atom is -0.352 e. The summed E-state index contributed by atoms with van der Waals surface area (Å²) >= 11 is 0. The molecule has 3 rings (SSSR count). The van der Waals surface area contributed by atoms with Crippen molar-refractivity contribution in [2.75, 3.05) is 31.5 Å². The molecule has 1 heterocycles. The Balaban J connectivity index is 1.76. The van der Waals surface area contributed by atoms with Crippen molar-refractivity contribution < 1.29 is 4.79 Å². The second-order valence-corrected chi connectivity index (χ2v) is 8.11. The SMILES string of the molecule is CCN(CC)CCCNC(=O)c1cc(Nc2ccc(C(C)C)cc2)nc2ccccc12. The van der Waals surface area contributed by atoms with E-state index in [4.69, 9.17) is 4.98 Å². The largest absolute Gasteiger partial charge is 0.352 e. The van der Waals surface area contributed by atoms with E-state index in [0.717, 1.165) is 42.6 Å². The smallest absolute Gasteiger partial charge is 0.252 e. The van der Waals surface area contributed by atoms with Crippen LogP contribution in [-0.2, 0) is 0 Å². The number of carbonyl (C=O) groups is 1. The van der Waals surface area contributed by atoms with E-state index in [0.29, 0.717) is 23.8 Å². The van der Waals surface area contributed by atoms with Gasteiger partial charge in [0.2, 0.25) is 0 Å². The number of rotatable bonds is 10. The Morgan fingerprint density at radius 3 is 2.42 bits per heavy atom. The summed E-state index contributed by atoms with van der Waals surface area (Å²) in [4.78, 5) is 20.1. The van der Waals surface area contributed by atoms with Gasteiger partial charge in [0.25, 0.3) is 5.91 Å². The molecule has 3 aromatic rings. The fourth-order valence-electron chi connectivity index (χ4n) is 3.67. The Hall–Kier alpha value is -2.92. The number of pyridine rings is 1. The Morgan fingerprint density at radius 2 is 1.74 bits per heavy atom. The van der Waals surface area contributed by atoms with Crippen LogP contribution in [0, 0.1) is 0 Å². The van der Waals surface area contributed by atoms with Gasteiger partial charge in [-0.1, -0.05) is 58.0 Å². The average molecular weight is 419 g/mol. The molecule has 0 spiro atoms. The predicted octanol–water partition coefficient (Wildman–Crippen LogP) is 5.56. The molecule has 0 radical (unpaired) electrons. The van der Waals surface area contributed by atoms with Crippen molar-refractivity contribution in [3.8, 4) is 0 Å². The van der Waals surface area contributed by atoms with Gasteiger partial charge in [0.1, 0.15) is 5.82 Å². The maximum atomic E-state index is 13.0. The van der Waals surface area contributed by atoms with Crippen LogP contribution < -0.4 is 10.6 Å². The number of hydrogen-bond donors (Lipinski definition) is 2. The highest BCUT2D eigenvalue weighted by atomic mass is 16.1. The van der Waals surface area contributed by atoms with Crippen molar-refractivity contribution in [2.45, 2.75) is 40.0 Å². The van der Waals surface area contributed by atoms with Crippen LogP contribution in [0.2, 0.25) is 0 Å². The fraction of sp³-hybridized carbons (Fsp3) is 0.385. The number of fused-ring (bicyclic) bond motifs is 1. The fourth-order valence-corrected chi connectivity index (χ4v) is 3.67. The summed E-state index contributed by atoms with van der Waals surface area (Å²) in [7, 11) is 0. The molecule has 0 aliphatic heterocycles.